The van der Waals surface area contributed by atoms with E-state index in [4.69, 9.17) is 14.2 Å². The molecule has 3 fully saturated rings. The molecule has 0 unspecified atom stereocenters. The summed E-state index contributed by atoms with van der Waals surface area (Å²) in [6.07, 6.45) is 3.53. The van der Waals surface area contributed by atoms with E-state index in [9.17, 15) is 9.90 Å². The van der Waals surface area contributed by atoms with Crippen molar-refractivity contribution in [3.8, 4) is 5.75 Å². The Morgan fingerprint density at radius 1 is 1.44 bits per heavy atom. The Kier molecular flexibility index (Phi) is 3.56. The topological polar surface area (TPSA) is 82.8 Å². The lowest BCUT2D eigenvalue weighted by atomic mass is 9.69. The van der Waals surface area contributed by atoms with E-state index >= 15 is 0 Å². The molecule has 1 N–H and O–H groups in total. The van der Waals surface area contributed by atoms with Crippen LogP contribution in [0, 0.1) is 0 Å². The standard InChI is InChI=1S/C18H22N2O5/c1-11(2)25-15-5-14-12(4-13(15)16(21)22)6-20(19-14)17-7-18(8-17,10-23-3)24-9-17/h4-6,11H,7-10H2,1-3H3,(H,21,22). The van der Waals surface area contributed by atoms with Crippen molar-refractivity contribution in [1.29, 1.82) is 0 Å². The zero-order valence-corrected chi connectivity index (χ0v) is 14.6. The molecule has 0 atom stereocenters. The quantitative estimate of drug-likeness (QED) is 0.865. The van der Waals surface area contributed by atoms with Crippen molar-refractivity contribution < 1.29 is 24.1 Å². The van der Waals surface area contributed by atoms with Crippen LogP contribution in [0.5, 0.6) is 5.75 Å². The summed E-state index contributed by atoms with van der Waals surface area (Å²) < 4.78 is 18.8. The second kappa shape index (κ2) is 5.44. The summed E-state index contributed by atoms with van der Waals surface area (Å²) in [6.45, 7) is 4.93. The van der Waals surface area contributed by atoms with Crippen molar-refractivity contribution >= 4 is 16.9 Å². The molecule has 2 bridgehead atoms. The number of carboxylic acids is 1. The average Bonchev–Trinajstić information content (AvgIpc) is 3.16. The number of carboxylic acid groups (broad SMARTS) is 1. The van der Waals surface area contributed by atoms with Crippen molar-refractivity contribution in [1.82, 2.24) is 9.78 Å². The molecule has 1 aromatic heterocycles. The molecular weight excluding hydrogens is 324 g/mol. The predicted molar refractivity (Wildman–Crippen MR) is 90.2 cm³/mol. The fraction of sp³-hybridized carbons (Fsp3) is 0.556. The lowest BCUT2D eigenvalue weighted by Gasteiger charge is -2.43. The van der Waals surface area contributed by atoms with Crippen LogP contribution in [-0.2, 0) is 15.0 Å². The van der Waals surface area contributed by atoms with E-state index < -0.39 is 5.97 Å². The maximum Gasteiger partial charge on any atom is 0.339 e. The molecule has 7 nitrogen and oxygen atoms in total. The third kappa shape index (κ3) is 2.49. The maximum atomic E-state index is 11.6. The fourth-order valence-corrected chi connectivity index (χ4v) is 4.09. The zero-order chi connectivity index (χ0) is 17.8. The van der Waals surface area contributed by atoms with Gasteiger partial charge in [0.2, 0.25) is 0 Å². The van der Waals surface area contributed by atoms with E-state index in [1.165, 1.54) is 0 Å². The van der Waals surface area contributed by atoms with Crippen LogP contribution in [0.15, 0.2) is 18.3 Å². The van der Waals surface area contributed by atoms with Gasteiger partial charge in [-0.2, -0.15) is 5.10 Å². The van der Waals surface area contributed by atoms with E-state index in [2.05, 4.69) is 5.10 Å². The van der Waals surface area contributed by atoms with E-state index in [0.717, 1.165) is 23.7 Å². The number of nitrogens with zero attached hydrogens (tertiary/aromatic N) is 2. The summed E-state index contributed by atoms with van der Waals surface area (Å²) >= 11 is 0. The number of ether oxygens (including phenoxy) is 3. The largest absolute Gasteiger partial charge is 0.490 e. The Morgan fingerprint density at radius 3 is 2.84 bits per heavy atom. The number of fused-ring (bicyclic) bond motifs is 2. The van der Waals surface area contributed by atoms with E-state index in [0.29, 0.717) is 19.0 Å². The maximum absolute atomic E-state index is 11.6. The first-order chi connectivity index (χ1) is 11.9. The van der Waals surface area contributed by atoms with Gasteiger partial charge in [0.05, 0.1) is 36.0 Å². The highest BCUT2D eigenvalue weighted by Gasteiger charge is 2.64. The highest BCUT2D eigenvalue weighted by atomic mass is 16.6. The molecule has 3 heterocycles. The number of benzene rings is 1. The van der Waals surface area contributed by atoms with Gasteiger partial charge in [-0.25, -0.2) is 4.79 Å². The molecule has 134 valence electrons. The third-order valence-corrected chi connectivity index (χ3v) is 5.04. The smallest absolute Gasteiger partial charge is 0.339 e. The van der Waals surface area contributed by atoms with E-state index in [1.807, 2.05) is 24.7 Å². The SMILES string of the molecule is COCC12CC(n3cc4cc(C(=O)O)c(OC(C)C)cc4n3)(CO1)C2. The molecule has 0 radical (unpaired) electrons. The molecule has 2 saturated heterocycles. The monoisotopic (exact) mass is 346 g/mol. The number of rotatable bonds is 6. The first-order valence-corrected chi connectivity index (χ1v) is 8.43. The van der Waals surface area contributed by atoms with Crippen LogP contribution in [0.2, 0.25) is 0 Å². The summed E-state index contributed by atoms with van der Waals surface area (Å²) in [7, 11) is 1.68. The molecule has 1 saturated carbocycles. The lowest BCUT2D eigenvalue weighted by Crippen LogP contribution is -2.53. The van der Waals surface area contributed by atoms with Gasteiger partial charge in [0.25, 0.3) is 0 Å². The van der Waals surface area contributed by atoms with Crippen LogP contribution < -0.4 is 4.74 Å². The molecule has 3 aliphatic rings. The van der Waals surface area contributed by atoms with Gasteiger partial charge in [-0.05, 0) is 19.9 Å². The van der Waals surface area contributed by atoms with Crippen molar-refractivity contribution in [2.24, 2.45) is 0 Å². The molecule has 1 aliphatic carbocycles. The van der Waals surface area contributed by atoms with Gasteiger partial charge >= 0.3 is 5.97 Å². The van der Waals surface area contributed by atoms with Gasteiger partial charge in [-0.3, -0.25) is 4.68 Å². The Bertz CT molecular complexity index is 835. The number of aromatic carboxylic acids is 1. The second-order valence-corrected chi connectivity index (χ2v) is 7.44. The number of carbonyl (C=O) groups is 1. The lowest BCUT2D eigenvalue weighted by molar-refractivity contribution is -0.0694. The highest BCUT2D eigenvalue weighted by molar-refractivity contribution is 5.96. The molecule has 7 heteroatoms. The Morgan fingerprint density at radius 2 is 2.20 bits per heavy atom. The van der Waals surface area contributed by atoms with Crippen molar-refractivity contribution in [3.05, 3.63) is 23.9 Å². The number of hydrogen-bond acceptors (Lipinski definition) is 5. The summed E-state index contributed by atoms with van der Waals surface area (Å²) in [5, 5.41) is 14.9. The first kappa shape index (κ1) is 16.4. The van der Waals surface area contributed by atoms with Crippen molar-refractivity contribution in [3.63, 3.8) is 0 Å². The molecule has 2 aliphatic heterocycles. The highest BCUT2D eigenvalue weighted by Crippen LogP contribution is 2.56. The van der Waals surface area contributed by atoms with Gasteiger partial charge in [0.15, 0.2) is 0 Å². The van der Waals surface area contributed by atoms with Crippen molar-refractivity contribution in [2.75, 3.05) is 20.3 Å². The number of hydrogen-bond donors (Lipinski definition) is 1. The molecule has 0 amide bonds. The summed E-state index contributed by atoms with van der Waals surface area (Å²) in [4.78, 5) is 11.6. The molecule has 25 heavy (non-hydrogen) atoms. The molecule has 5 rings (SSSR count). The molecule has 1 aromatic carbocycles. The van der Waals surface area contributed by atoms with Gasteiger partial charge in [0.1, 0.15) is 11.3 Å². The fourth-order valence-electron chi connectivity index (χ4n) is 4.09. The molecular formula is C18H22N2O5. The Hall–Kier alpha value is -2.12. The first-order valence-electron chi connectivity index (χ1n) is 8.43. The summed E-state index contributed by atoms with van der Waals surface area (Å²) in [5.41, 5.74) is 0.541. The van der Waals surface area contributed by atoms with Crippen LogP contribution in [-0.4, -0.2) is 52.9 Å². The van der Waals surface area contributed by atoms with Gasteiger partial charge in [0, 0.05) is 37.6 Å². The van der Waals surface area contributed by atoms with Gasteiger partial charge < -0.3 is 19.3 Å². The van der Waals surface area contributed by atoms with E-state index in [1.54, 1.807) is 19.2 Å². The Balaban J connectivity index is 1.71. The number of aromatic nitrogens is 2. The van der Waals surface area contributed by atoms with Crippen LogP contribution in [0.1, 0.15) is 37.0 Å². The average molecular weight is 346 g/mol. The molecule has 0 spiro atoms. The minimum atomic E-state index is -1.00. The van der Waals surface area contributed by atoms with E-state index in [-0.39, 0.29) is 22.8 Å². The summed E-state index contributed by atoms with van der Waals surface area (Å²) in [5.74, 6) is -0.654. The van der Waals surface area contributed by atoms with Gasteiger partial charge in [-0.15, -0.1) is 0 Å². The van der Waals surface area contributed by atoms with Crippen LogP contribution in [0.3, 0.4) is 0 Å². The van der Waals surface area contributed by atoms with Crippen LogP contribution in [0.25, 0.3) is 10.9 Å². The van der Waals surface area contributed by atoms with Crippen LogP contribution >= 0.6 is 0 Å². The zero-order valence-electron chi connectivity index (χ0n) is 14.6. The van der Waals surface area contributed by atoms with Gasteiger partial charge in [-0.1, -0.05) is 0 Å². The third-order valence-electron chi connectivity index (χ3n) is 5.04. The minimum Gasteiger partial charge on any atom is -0.490 e. The second-order valence-electron chi connectivity index (χ2n) is 7.44. The normalized spacial score (nSPS) is 27.7. The molecule has 2 aromatic rings. The van der Waals surface area contributed by atoms with Crippen molar-refractivity contribution in [2.45, 2.75) is 43.9 Å². The minimum absolute atomic E-state index is 0.110. The summed E-state index contributed by atoms with van der Waals surface area (Å²) in [6, 6.07) is 3.34. The number of methoxy groups -OCH3 is 1. The van der Waals surface area contributed by atoms with Crippen LogP contribution in [0.4, 0.5) is 0 Å². The Labute approximate surface area is 145 Å². The predicted octanol–water partition coefficient (Wildman–Crippen LogP) is 2.43.